The number of carbonyl (C=O) groups excluding carboxylic acids is 3. The lowest BCUT2D eigenvalue weighted by atomic mass is 10.1. The third-order valence-electron chi connectivity index (χ3n) is 4.60. The minimum absolute atomic E-state index is 0.0416. The minimum atomic E-state index is -0.666. The summed E-state index contributed by atoms with van der Waals surface area (Å²) in [5, 5.41) is 8.62. The summed E-state index contributed by atoms with van der Waals surface area (Å²) in [6.07, 6.45) is 2.69. The molecule has 2 aromatic carbocycles. The Hall–Kier alpha value is -3.65. The number of hydrogen-bond donors (Lipinski definition) is 2. The van der Waals surface area contributed by atoms with Gasteiger partial charge in [0.2, 0.25) is 5.91 Å². The molecule has 1 aliphatic heterocycles. The van der Waals surface area contributed by atoms with Crippen LogP contribution < -0.4 is 15.1 Å². The Balaban J connectivity index is 1.73. The van der Waals surface area contributed by atoms with Gasteiger partial charge in [-0.25, -0.2) is 5.48 Å². The number of methoxy groups -OCH3 is 1. The molecule has 1 fully saturated rings. The molecule has 0 atom stereocenters. The van der Waals surface area contributed by atoms with Crippen molar-refractivity contribution < 1.29 is 24.3 Å². The number of hydrogen-bond acceptors (Lipinski definition) is 5. The van der Waals surface area contributed by atoms with E-state index in [1.807, 2.05) is 0 Å². The molecule has 8 heteroatoms. The normalized spacial score (nSPS) is 14.2. The summed E-state index contributed by atoms with van der Waals surface area (Å²) in [6, 6.07) is 13.9. The van der Waals surface area contributed by atoms with Crippen LogP contribution in [-0.2, 0) is 9.59 Å². The summed E-state index contributed by atoms with van der Waals surface area (Å²) >= 11 is 0. The molecule has 1 heterocycles. The molecule has 2 aromatic rings. The van der Waals surface area contributed by atoms with Crippen molar-refractivity contribution in [3.8, 4) is 5.75 Å². The number of piperazine rings is 1. The second-order valence-corrected chi connectivity index (χ2v) is 6.37. The molecule has 0 bridgehead atoms. The van der Waals surface area contributed by atoms with Crippen molar-refractivity contribution in [1.82, 2.24) is 10.4 Å². The summed E-state index contributed by atoms with van der Waals surface area (Å²) in [6.45, 7) is 0.670. The lowest BCUT2D eigenvalue weighted by Crippen LogP contribution is -2.52. The first-order valence-electron chi connectivity index (χ1n) is 8.98. The summed E-state index contributed by atoms with van der Waals surface area (Å²) < 4.78 is 5.10. The van der Waals surface area contributed by atoms with E-state index in [0.717, 1.165) is 0 Å². The fourth-order valence-corrected chi connectivity index (χ4v) is 3.09. The van der Waals surface area contributed by atoms with Crippen LogP contribution in [0.3, 0.4) is 0 Å². The van der Waals surface area contributed by atoms with Gasteiger partial charge in [0.05, 0.1) is 12.8 Å². The molecule has 3 amide bonds. The maximum absolute atomic E-state index is 12.8. The van der Waals surface area contributed by atoms with Gasteiger partial charge in [0.15, 0.2) is 0 Å². The first-order valence-corrected chi connectivity index (χ1v) is 8.98. The van der Waals surface area contributed by atoms with Crippen molar-refractivity contribution >= 4 is 29.5 Å². The standard InChI is InChI=1S/C21H21N3O5/c1-29-17-9-6-16(7-10-17)21(27)23-12-13-24(20(26)14-23)18-5-3-2-4-15(18)8-11-19(25)22-28/h2-11,28H,12-14H2,1H3,(H,22,25). The number of nitrogens with one attached hydrogen (secondary N) is 1. The summed E-state index contributed by atoms with van der Waals surface area (Å²) in [7, 11) is 1.55. The van der Waals surface area contributed by atoms with Crippen molar-refractivity contribution in [2.45, 2.75) is 0 Å². The lowest BCUT2D eigenvalue weighted by Gasteiger charge is -2.35. The number of carbonyl (C=O) groups is 3. The fourth-order valence-electron chi connectivity index (χ4n) is 3.09. The van der Waals surface area contributed by atoms with Gasteiger partial charge in [0.25, 0.3) is 11.8 Å². The molecule has 0 aliphatic carbocycles. The van der Waals surface area contributed by atoms with E-state index in [9.17, 15) is 14.4 Å². The zero-order valence-electron chi connectivity index (χ0n) is 15.9. The van der Waals surface area contributed by atoms with Crippen LogP contribution in [0.15, 0.2) is 54.6 Å². The van der Waals surface area contributed by atoms with E-state index >= 15 is 0 Å². The average Bonchev–Trinajstić information content (AvgIpc) is 2.77. The van der Waals surface area contributed by atoms with Gasteiger partial charge < -0.3 is 14.5 Å². The SMILES string of the molecule is COc1ccc(C(=O)N2CCN(c3ccccc3C=CC(=O)NO)C(=O)C2)cc1. The Morgan fingerprint density at radius 2 is 1.83 bits per heavy atom. The molecule has 0 unspecified atom stereocenters. The molecule has 0 spiro atoms. The number of benzene rings is 2. The Kier molecular flexibility index (Phi) is 6.25. The highest BCUT2D eigenvalue weighted by atomic mass is 16.5. The highest BCUT2D eigenvalue weighted by Gasteiger charge is 2.29. The summed E-state index contributed by atoms with van der Waals surface area (Å²) in [5.74, 6) is -0.443. The van der Waals surface area contributed by atoms with Crippen LogP contribution in [0.5, 0.6) is 5.75 Å². The third-order valence-corrected chi connectivity index (χ3v) is 4.60. The molecule has 0 radical (unpaired) electrons. The maximum atomic E-state index is 12.8. The Morgan fingerprint density at radius 1 is 1.10 bits per heavy atom. The van der Waals surface area contributed by atoms with Gasteiger partial charge >= 0.3 is 0 Å². The van der Waals surface area contributed by atoms with Gasteiger partial charge in [-0.1, -0.05) is 18.2 Å². The number of rotatable bonds is 5. The van der Waals surface area contributed by atoms with Gasteiger partial charge in [-0.3, -0.25) is 19.6 Å². The monoisotopic (exact) mass is 395 g/mol. The van der Waals surface area contributed by atoms with E-state index in [-0.39, 0.29) is 18.4 Å². The Labute approximate surface area is 167 Å². The number of anilines is 1. The highest BCUT2D eigenvalue weighted by Crippen LogP contribution is 2.24. The molecule has 3 rings (SSSR count). The highest BCUT2D eigenvalue weighted by molar-refractivity contribution is 6.03. The van der Waals surface area contributed by atoms with Crippen LogP contribution in [0.1, 0.15) is 15.9 Å². The molecule has 29 heavy (non-hydrogen) atoms. The number of amides is 3. The Bertz CT molecular complexity index is 940. The van der Waals surface area contributed by atoms with Crippen molar-refractivity contribution in [1.29, 1.82) is 0 Å². The lowest BCUT2D eigenvalue weighted by molar-refractivity contribution is -0.124. The smallest absolute Gasteiger partial charge is 0.267 e. The number of nitrogens with zero attached hydrogens (tertiary/aromatic N) is 2. The average molecular weight is 395 g/mol. The molecule has 0 saturated carbocycles. The zero-order chi connectivity index (χ0) is 20.8. The number of para-hydroxylation sites is 1. The van der Waals surface area contributed by atoms with Crippen molar-refractivity contribution in [2.75, 3.05) is 31.6 Å². The van der Waals surface area contributed by atoms with Crippen LogP contribution in [0.2, 0.25) is 0 Å². The molecule has 150 valence electrons. The molecule has 0 aromatic heterocycles. The van der Waals surface area contributed by atoms with E-state index in [1.165, 1.54) is 22.5 Å². The van der Waals surface area contributed by atoms with E-state index in [4.69, 9.17) is 9.94 Å². The van der Waals surface area contributed by atoms with Crippen LogP contribution >= 0.6 is 0 Å². The largest absolute Gasteiger partial charge is 0.497 e. The van der Waals surface area contributed by atoms with Crippen molar-refractivity contribution in [2.24, 2.45) is 0 Å². The third kappa shape index (κ3) is 4.61. The quantitative estimate of drug-likeness (QED) is 0.456. The van der Waals surface area contributed by atoms with Gasteiger partial charge in [-0.15, -0.1) is 0 Å². The van der Waals surface area contributed by atoms with Gasteiger partial charge in [0.1, 0.15) is 12.3 Å². The topological polar surface area (TPSA) is 99.2 Å². The van der Waals surface area contributed by atoms with Crippen molar-refractivity contribution in [3.63, 3.8) is 0 Å². The van der Waals surface area contributed by atoms with Gasteiger partial charge in [-0.05, 0) is 42.0 Å². The number of ether oxygens (including phenoxy) is 1. The van der Waals surface area contributed by atoms with Crippen LogP contribution in [-0.4, -0.2) is 54.6 Å². The van der Waals surface area contributed by atoms with Crippen molar-refractivity contribution in [3.05, 3.63) is 65.7 Å². The second kappa shape index (κ2) is 9.03. The van der Waals surface area contributed by atoms with Crippen LogP contribution in [0, 0.1) is 0 Å². The minimum Gasteiger partial charge on any atom is -0.497 e. The predicted octanol–water partition coefficient (Wildman–Crippen LogP) is 1.70. The molecule has 1 saturated heterocycles. The van der Waals surface area contributed by atoms with E-state index < -0.39 is 5.91 Å². The first kappa shape index (κ1) is 20.1. The van der Waals surface area contributed by atoms with E-state index in [1.54, 1.807) is 60.5 Å². The van der Waals surface area contributed by atoms with Gasteiger partial charge in [-0.2, -0.15) is 0 Å². The molecule has 8 nitrogen and oxygen atoms in total. The summed E-state index contributed by atoms with van der Waals surface area (Å²) in [5.41, 5.74) is 3.30. The maximum Gasteiger partial charge on any atom is 0.267 e. The van der Waals surface area contributed by atoms with E-state index in [2.05, 4.69) is 0 Å². The zero-order valence-corrected chi connectivity index (χ0v) is 15.9. The molecular formula is C21H21N3O5. The molecule has 1 aliphatic rings. The fraction of sp³-hybridized carbons (Fsp3) is 0.190. The number of hydroxylamine groups is 1. The summed E-state index contributed by atoms with van der Waals surface area (Å²) in [4.78, 5) is 39.8. The Morgan fingerprint density at radius 3 is 2.48 bits per heavy atom. The molecular weight excluding hydrogens is 374 g/mol. The van der Waals surface area contributed by atoms with Crippen LogP contribution in [0.25, 0.3) is 6.08 Å². The van der Waals surface area contributed by atoms with Crippen LogP contribution in [0.4, 0.5) is 5.69 Å². The van der Waals surface area contributed by atoms with E-state index in [0.29, 0.717) is 35.7 Å². The first-order chi connectivity index (χ1) is 14.0. The molecule has 2 N–H and O–H groups in total. The second-order valence-electron chi connectivity index (χ2n) is 6.37. The van der Waals surface area contributed by atoms with Gasteiger partial charge in [0, 0.05) is 24.7 Å². The predicted molar refractivity (Wildman–Crippen MR) is 107 cm³/mol.